The molecule has 1 aliphatic heterocycles. The summed E-state index contributed by atoms with van der Waals surface area (Å²) in [6.07, 6.45) is 4.80. The van der Waals surface area contributed by atoms with Gasteiger partial charge in [-0.3, -0.25) is 14.7 Å². The maximum absolute atomic E-state index is 14.6. The average molecular weight is 512 g/mol. The van der Waals surface area contributed by atoms with Crippen molar-refractivity contribution < 1.29 is 18.8 Å². The van der Waals surface area contributed by atoms with Crippen molar-refractivity contribution >= 4 is 5.97 Å². The molecule has 0 spiro atoms. The smallest absolute Gasteiger partial charge is 0.320 e. The zero-order chi connectivity index (χ0) is 26.1. The SMILES string of the molecule is O=C(O)[C@@H]1CCCN1Cc1ccc(-c2noc(-c3nnn(-c4ccccc4F)c3-c3ccncc3)n2)cc1. The molecule has 0 radical (unpaired) electrons. The van der Waals surface area contributed by atoms with E-state index >= 15 is 0 Å². The summed E-state index contributed by atoms with van der Waals surface area (Å²) in [6.45, 7) is 1.32. The molecule has 1 saturated heterocycles. The number of hydrogen-bond donors (Lipinski definition) is 1. The molecule has 4 heterocycles. The maximum Gasteiger partial charge on any atom is 0.320 e. The number of likely N-dealkylation sites (tertiary alicyclic amines) is 1. The molecular formula is C27H22FN7O3. The van der Waals surface area contributed by atoms with Gasteiger partial charge in [-0.2, -0.15) is 4.98 Å². The Balaban J connectivity index is 1.31. The van der Waals surface area contributed by atoms with Crippen LogP contribution in [0.1, 0.15) is 18.4 Å². The van der Waals surface area contributed by atoms with Crippen molar-refractivity contribution in [2.75, 3.05) is 6.54 Å². The third-order valence-corrected chi connectivity index (χ3v) is 6.58. The zero-order valence-corrected chi connectivity index (χ0v) is 20.1. The summed E-state index contributed by atoms with van der Waals surface area (Å²) in [5.41, 5.74) is 3.46. The summed E-state index contributed by atoms with van der Waals surface area (Å²) in [7, 11) is 0. The number of carboxylic acid groups (broad SMARTS) is 1. The van der Waals surface area contributed by atoms with Gasteiger partial charge in [0.05, 0.1) is 0 Å². The van der Waals surface area contributed by atoms with Gasteiger partial charge < -0.3 is 9.63 Å². The number of carbonyl (C=O) groups is 1. The number of carboxylic acids is 1. The number of aromatic nitrogens is 6. The van der Waals surface area contributed by atoms with Gasteiger partial charge in [-0.25, -0.2) is 9.07 Å². The highest BCUT2D eigenvalue weighted by Gasteiger charge is 2.30. The van der Waals surface area contributed by atoms with Crippen LogP contribution >= 0.6 is 0 Å². The lowest BCUT2D eigenvalue weighted by molar-refractivity contribution is -0.142. The number of pyridine rings is 1. The van der Waals surface area contributed by atoms with Crippen LogP contribution in [0.15, 0.2) is 77.6 Å². The molecule has 0 bridgehead atoms. The number of aliphatic carboxylic acids is 1. The molecule has 6 rings (SSSR count). The minimum absolute atomic E-state index is 0.139. The molecule has 190 valence electrons. The van der Waals surface area contributed by atoms with Crippen LogP contribution in [0.2, 0.25) is 0 Å². The number of halogens is 1. The monoisotopic (exact) mass is 511 g/mol. The summed E-state index contributed by atoms with van der Waals surface area (Å²) in [6, 6.07) is 17.0. The quantitative estimate of drug-likeness (QED) is 0.342. The average Bonchev–Trinajstić information content (AvgIpc) is 3.70. The first kappa shape index (κ1) is 23.6. The van der Waals surface area contributed by atoms with Crippen LogP contribution in [0, 0.1) is 5.82 Å². The second-order valence-electron chi connectivity index (χ2n) is 8.97. The summed E-state index contributed by atoms with van der Waals surface area (Å²) in [5, 5.41) is 22.0. The molecule has 1 fully saturated rings. The molecule has 1 N–H and O–H groups in total. The van der Waals surface area contributed by atoms with Crippen molar-refractivity contribution in [3.05, 3.63) is 84.4 Å². The van der Waals surface area contributed by atoms with Crippen molar-refractivity contribution in [1.82, 2.24) is 35.0 Å². The van der Waals surface area contributed by atoms with E-state index in [0.717, 1.165) is 24.1 Å². The Labute approximate surface area is 216 Å². The van der Waals surface area contributed by atoms with Crippen molar-refractivity contribution in [2.45, 2.75) is 25.4 Å². The predicted octanol–water partition coefficient (Wildman–Crippen LogP) is 4.23. The number of para-hydroxylation sites is 1. The van der Waals surface area contributed by atoms with E-state index in [1.54, 1.807) is 42.7 Å². The fourth-order valence-corrected chi connectivity index (χ4v) is 4.71. The summed E-state index contributed by atoms with van der Waals surface area (Å²) in [5.74, 6) is -0.734. The zero-order valence-electron chi connectivity index (χ0n) is 20.1. The fraction of sp³-hybridized carbons (Fsp3) is 0.185. The number of benzene rings is 2. The lowest BCUT2D eigenvalue weighted by Crippen LogP contribution is -2.35. The Morgan fingerprint density at radius 1 is 1.05 bits per heavy atom. The third kappa shape index (κ3) is 4.43. The van der Waals surface area contributed by atoms with Crippen LogP contribution in [0.3, 0.4) is 0 Å². The second-order valence-corrected chi connectivity index (χ2v) is 8.97. The highest BCUT2D eigenvalue weighted by atomic mass is 19.1. The molecule has 5 aromatic rings. The van der Waals surface area contributed by atoms with Gasteiger partial charge in [0, 0.05) is 30.1 Å². The molecule has 2 aromatic carbocycles. The van der Waals surface area contributed by atoms with Gasteiger partial charge in [-0.15, -0.1) is 5.10 Å². The molecule has 3 aromatic heterocycles. The molecule has 0 unspecified atom stereocenters. The normalized spacial score (nSPS) is 15.7. The Hall–Kier alpha value is -4.77. The van der Waals surface area contributed by atoms with E-state index in [0.29, 0.717) is 35.7 Å². The molecular weight excluding hydrogens is 489 g/mol. The molecule has 1 atom stereocenters. The topological polar surface area (TPSA) is 123 Å². The first-order valence-electron chi connectivity index (χ1n) is 12.1. The van der Waals surface area contributed by atoms with E-state index in [2.05, 4.69) is 25.4 Å². The van der Waals surface area contributed by atoms with E-state index in [4.69, 9.17) is 4.52 Å². The third-order valence-electron chi connectivity index (χ3n) is 6.58. The Morgan fingerprint density at radius 2 is 1.84 bits per heavy atom. The summed E-state index contributed by atoms with van der Waals surface area (Å²) >= 11 is 0. The molecule has 1 aliphatic rings. The summed E-state index contributed by atoms with van der Waals surface area (Å²) in [4.78, 5) is 22.1. The van der Waals surface area contributed by atoms with E-state index < -0.39 is 17.8 Å². The largest absolute Gasteiger partial charge is 0.480 e. The standard InChI is InChI=1S/C27H22FN7O3/c28-20-4-1-2-5-21(20)35-24(18-11-13-29-14-12-18)23(31-33-35)26-30-25(32-38-26)19-9-7-17(8-10-19)16-34-15-3-6-22(34)27(36)37/h1-2,4-5,7-14,22H,3,6,15-16H2,(H,36,37)/t22-/m0/s1. The fourth-order valence-electron chi connectivity index (χ4n) is 4.71. The Morgan fingerprint density at radius 3 is 2.61 bits per heavy atom. The van der Waals surface area contributed by atoms with Crippen molar-refractivity contribution in [3.8, 4) is 39.9 Å². The van der Waals surface area contributed by atoms with Gasteiger partial charge in [-0.1, -0.05) is 46.8 Å². The van der Waals surface area contributed by atoms with E-state index in [1.807, 2.05) is 29.2 Å². The number of nitrogens with zero attached hydrogens (tertiary/aromatic N) is 7. The van der Waals surface area contributed by atoms with Gasteiger partial charge in [0.2, 0.25) is 5.82 Å². The second kappa shape index (κ2) is 9.94. The van der Waals surface area contributed by atoms with E-state index in [1.165, 1.54) is 10.7 Å². The number of rotatable bonds is 7. The molecule has 0 amide bonds. The van der Waals surface area contributed by atoms with E-state index in [9.17, 15) is 14.3 Å². The van der Waals surface area contributed by atoms with Gasteiger partial charge in [0.25, 0.3) is 5.89 Å². The van der Waals surface area contributed by atoms with Crippen LogP contribution < -0.4 is 0 Å². The van der Waals surface area contributed by atoms with Crippen molar-refractivity contribution in [1.29, 1.82) is 0 Å². The highest BCUT2D eigenvalue weighted by Crippen LogP contribution is 2.33. The number of hydrogen-bond acceptors (Lipinski definition) is 8. The molecule has 10 nitrogen and oxygen atoms in total. The van der Waals surface area contributed by atoms with Crippen LogP contribution in [-0.4, -0.2) is 58.7 Å². The predicted molar refractivity (Wildman–Crippen MR) is 134 cm³/mol. The van der Waals surface area contributed by atoms with E-state index in [-0.39, 0.29) is 11.6 Å². The van der Waals surface area contributed by atoms with Crippen molar-refractivity contribution in [2.24, 2.45) is 0 Å². The molecule has 0 saturated carbocycles. The van der Waals surface area contributed by atoms with Crippen LogP contribution in [0.25, 0.3) is 39.9 Å². The minimum Gasteiger partial charge on any atom is -0.480 e. The van der Waals surface area contributed by atoms with Crippen molar-refractivity contribution in [3.63, 3.8) is 0 Å². The van der Waals surface area contributed by atoms with Gasteiger partial charge in [0.1, 0.15) is 23.2 Å². The van der Waals surface area contributed by atoms with Gasteiger partial charge in [0.15, 0.2) is 5.69 Å². The van der Waals surface area contributed by atoms with Gasteiger partial charge >= 0.3 is 5.97 Å². The first-order valence-corrected chi connectivity index (χ1v) is 12.1. The van der Waals surface area contributed by atoms with Crippen LogP contribution in [-0.2, 0) is 11.3 Å². The maximum atomic E-state index is 14.6. The molecule has 11 heteroatoms. The lowest BCUT2D eigenvalue weighted by atomic mass is 10.1. The minimum atomic E-state index is -0.781. The highest BCUT2D eigenvalue weighted by molar-refractivity contribution is 5.76. The summed E-state index contributed by atoms with van der Waals surface area (Å²) < 4.78 is 21.6. The Bertz CT molecular complexity index is 1580. The molecule has 38 heavy (non-hydrogen) atoms. The van der Waals surface area contributed by atoms with Crippen LogP contribution in [0.4, 0.5) is 4.39 Å². The lowest BCUT2D eigenvalue weighted by Gasteiger charge is -2.20. The molecule has 0 aliphatic carbocycles. The van der Waals surface area contributed by atoms with Gasteiger partial charge in [-0.05, 0) is 49.2 Å². The Kier molecular flexibility index (Phi) is 6.18. The van der Waals surface area contributed by atoms with Crippen LogP contribution in [0.5, 0.6) is 0 Å². The first-order chi connectivity index (χ1) is 18.6.